The van der Waals surface area contributed by atoms with Crippen LogP contribution >= 0.6 is 23.2 Å². The van der Waals surface area contributed by atoms with Gasteiger partial charge in [-0.05, 0) is 31.2 Å². The zero-order chi connectivity index (χ0) is 16.6. The Kier molecular flexibility index (Phi) is 4.06. The number of hydrogen-bond donors (Lipinski definition) is 1. The first kappa shape index (κ1) is 15.5. The number of rotatable bonds is 3. The van der Waals surface area contributed by atoms with E-state index < -0.39 is 5.91 Å². The minimum absolute atomic E-state index is 0.0418. The average molecular weight is 352 g/mol. The first-order valence-electron chi connectivity index (χ1n) is 6.55. The van der Waals surface area contributed by atoms with Crippen molar-refractivity contribution in [3.8, 4) is 11.6 Å². The van der Waals surface area contributed by atoms with Gasteiger partial charge in [-0.3, -0.25) is 14.8 Å². The number of amides is 1. The summed E-state index contributed by atoms with van der Waals surface area (Å²) in [5, 5.41) is 15.0. The van der Waals surface area contributed by atoms with Crippen LogP contribution in [-0.4, -0.2) is 25.9 Å². The van der Waals surface area contributed by atoms with Crippen LogP contribution in [0.4, 0.5) is 6.01 Å². The van der Waals surface area contributed by atoms with Crippen molar-refractivity contribution in [2.75, 3.05) is 5.32 Å². The van der Waals surface area contributed by atoms with Crippen LogP contribution in [0.1, 0.15) is 16.1 Å². The summed E-state index contributed by atoms with van der Waals surface area (Å²) < 4.78 is 7.05. The molecule has 0 saturated carbocycles. The van der Waals surface area contributed by atoms with E-state index in [-0.39, 0.29) is 22.5 Å². The summed E-state index contributed by atoms with van der Waals surface area (Å²) in [5.74, 6) is -0.241. The fourth-order valence-corrected chi connectivity index (χ4v) is 2.40. The molecule has 1 aromatic carbocycles. The molecule has 0 aliphatic heterocycles. The van der Waals surface area contributed by atoms with E-state index in [1.54, 1.807) is 23.9 Å². The SMILES string of the molecule is Cc1cc(-c2nnc(NC(=O)c3cc(Cl)ccc3Cl)o2)n(C)n1. The Bertz CT molecular complexity index is 887. The number of nitrogens with zero attached hydrogens (tertiary/aromatic N) is 4. The second-order valence-corrected chi connectivity index (χ2v) is 5.63. The van der Waals surface area contributed by atoms with E-state index in [2.05, 4.69) is 20.6 Å². The van der Waals surface area contributed by atoms with Gasteiger partial charge in [-0.15, -0.1) is 5.10 Å². The van der Waals surface area contributed by atoms with E-state index in [9.17, 15) is 4.79 Å². The maximum absolute atomic E-state index is 12.2. The van der Waals surface area contributed by atoms with Crippen LogP contribution in [0.3, 0.4) is 0 Å². The Hall–Kier alpha value is -2.38. The zero-order valence-corrected chi connectivity index (χ0v) is 13.7. The van der Waals surface area contributed by atoms with Gasteiger partial charge in [-0.25, -0.2) is 0 Å². The van der Waals surface area contributed by atoms with Crippen molar-refractivity contribution in [1.29, 1.82) is 0 Å². The predicted molar refractivity (Wildman–Crippen MR) is 85.7 cm³/mol. The highest BCUT2D eigenvalue weighted by molar-refractivity contribution is 6.36. The zero-order valence-electron chi connectivity index (χ0n) is 12.2. The van der Waals surface area contributed by atoms with Gasteiger partial charge < -0.3 is 4.42 Å². The summed E-state index contributed by atoms with van der Waals surface area (Å²) in [6.45, 7) is 1.85. The molecule has 0 saturated heterocycles. The molecule has 0 unspecified atom stereocenters. The molecule has 0 spiro atoms. The summed E-state index contributed by atoms with van der Waals surface area (Å²) in [6, 6.07) is 6.35. The topological polar surface area (TPSA) is 85.8 Å². The lowest BCUT2D eigenvalue weighted by Crippen LogP contribution is -2.12. The Morgan fingerprint density at radius 3 is 2.74 bits per heavy atom. The highest BCUT2D eigenvalue weighted by Crippen LogP contribution is 2.23. The molecule has 0 atom stereocenters. The third-order valence-electron chi connectivity index (χ3n) is 3.04. The average Bonchev–Trinajstić information content (AvgIpc) is 3.07. The molecule has 0 aliphatic carbocycles. The third kappa shape index (κ3) is 3.20. The molecule has 0 aliphatic rings. The molecule has 3 rings (SSSR count). The van der Waals surface area contributed by atoms with E-state index in [0.29, 0.717) is 10.7 Å². The monoisotopic (exact) mass is 351 g/mol. The molecule has 2 aromatic heterocycles. The molecule has 0 fully saturated rings. The van der Waals surface area contributed by atoms with E-state index in [1.807, 2.05) is 6.92 Å². The van der Waals surface area contributed by atoms with Gasteiger partial charge in [-0.2, -0.15) is 5.10 Å². The van der Waals surface area contributed by atoms with Gasteiger partial charge in [0.15, 0.2) is 0 Å². The molecule has 1 N–H and O–H groups in total. The quantitative estimate of drug-likeness (QED) is 0.781. The number of nitrogens with one attached hydrogen (secondary N) is 1. The largest absolute Gasteiger partial charge is 0.401 e. The summed E-state index contributed by atoms with van der Waals surface area (Å²) in [5.41, 5.74) is 1.68. The molecule has 7 nitrogen and oxygen atoms in total. The number of hydrogen-bond acceptors (Lipinski definition) is 5. The Balaban J connectivity index is 1.83. The van der Waals surface area contributed by atoms with Crippen molar-refractivity contribution in [3.63, 3.8) is 0 Å². The molecule has 3 aromatic rings. The van der Waals surface area contributed by atoms with Crippen molar-refractivity contribution in [3.05, 3.63) is 45.6 Å². The summed E-state index contributed by atoms with van der Waals surface area (Å²) in [7, 11) is 1.76. The second kappa shape index (κ2) is 6.02. The van der Waals surface area contributed by atoms with Crippen LogP contribution in [-0.2, 0) is 7.05 Å². The molecular formula is C14H11Cl2N5O2. The Morgan fingerprint density at radius 1 is 1.26 bits per heavy atom. The highest BCUT2D eigenvalue weighted by atomic mass is 35.5. The van der Waals surface area contributed by atoms with Crippen LogP contribution in [0.5, 0.6) is 0 Å². The highest BCUT2D eigenvalue weighted by Gasteiger charge is 2.17. The van der Waals surface area contributed by atoms with E-state index in [1.165, 1.54) is 12.1 Å². The molecule has 1 amide bonds. The lowest BCUT2D eigenvalue weighted by atomic mass is 10.2. The summed E-state index contributed by atoms with van der Waals surface area (Å²) in [6.07, 6.45) is 0. The predicted octanol–water partition coefficient (Wildman–Crippen LogP) is 3.34. The van der Waals surface area contributed by atoms with Crippen molar-refractivity contribution < 1.29 is 9.21 Å². The van der Waals surface area contributed by atoms with Crippen LogP contribution in [0.2, 0.25) is 10.0 Å². The maximum atomic E-state index is 12.2. The summed E-state index contributed by atoms with van der Waals surface area (Å²) >= 11 is 11.9. The van der Waals surface area contributed by atoms with E-state index >= 15 is 0 Å². The fraction of sp³-hybridized carbons (Fsp3) is 0.143. The minimum atomic E-state index is -0.492. The van der Waals surface area contributed by atoms with E-state index in [4.69, 9.17) is 27.6 Å². The summed E-state index contributed by atoms with van der Waals surface area (Å²) in [4.78, 5) is 12.2. The standard InChI is InChI=1S/C14H11Cl2N5O2/c1-7-5-11(21(2)20-7)13-18-19-14(23-13)17-12(22)9-6-8(15)3-4-10(9)16/h3-6H,1-2H3,(H,17,19,22). The number of carbonyl (C=O) groups excluding carboxylic acids is 1. The van der Waals surface area contributed by atoms with Gasteiger partial charge in [0.2, 0.25) is 0 Å². The van der Waals surface area contributed by atoms with Crippen molar-refractivity contribution in [1.82, 2.24) is 20.0 Å². The number of carbonyl (C=O) groups is 1. The van der Waals surface area contributed by atoms with Gasteiger partial charge in [0, 0.05) is 12.1 Å². The van der Waals surface area contributed by atoms with Gasteiger partial charge in [0.1, 0.15) is 5.69 Å². The molecule has 2 heterocycles. The lowest BCUT2D eigenvalue weighted by Gasteiger charge is -2.03. The number of benzene rings is 1. The smallest absolute Gasteiger partial charge is 0.322 e. The first-order valence-corrected chi connectivity index (χ1v) is 7.30. The van der Waals surface area contributed by atoms with Crippen LogP contribution in [0, 0.1) is 6.92 Å². The van der Waals surface area contributed by atoms with Crippen LogP contribution in [0.15, 0.2) is 28.7 Å². The molecule has 0 radical (unpaired) electrons. The molecular weight excluding hydrogens is 341 g/mol. The van der Waals surface area contributed by atoms with Gasteiger partial charge in [0.25, 0.3) is 11.8 Å². The van der Waals surface area contributed by atoms with Crippen molar-refractivity contribution >= 4 is 35.1 Å². The third-order valence-corrected chi connectivity index (χ3v) is 3.60. The molecule has 0 bridgehead atoms. The van der Waals surface area contributed by atoms with Gasteiger partial charge in [-0.1, -0.05) is 28.3 Å². The maximum Gasteiger partial charge on any atom is 0.322 e. The number of anilines is 1. The van der Waals surface area contributed by atoms with E-state index in [0.717, 1.165) is 5.69 Å². The number of aromatic nitrogens is 4. The minimum Gasteiger partial charge on any atom is -0.401 e. The van der Waals surface area contributed by atoms with Crippen molar-refractivity contribution in [2.24, 2.45) is 7.05 Å². The van der Waals surface area contributed by atoms with Gasteiger partial charge >= 0.3 is 6.01 Å². The molecule has 9 heteroatoms. The first-order chi connectivity index (χ1) is 10.9. The normalized spacial score (nSPS) is 10.8. The fourth-order valence-electron chi connectivity index (χ4n) is 2.02. The Morgan fingerprint density at radius 2 is 2.04 bits per heavy atom. The second-order valence-electron chi connectivity index (χ2n) is 4.79. The van der Waals surface area contributed by atoms with Crippen LogP contribution in [0.25, 0.3) is 11.6 Å². The molecule has 118 valence electrons. The number of halogens is 2. The molecule has 23 heavy (non-hydrogen) atoms. The Labute approximate surface area is 141 Å². The number of aryl methyl sites for hydroxylation is 2. The van der Waals surface area contributed by atoms with Crippen molar-refractivity contribution in [2.45, 2.75) is 6.92 Å². The lowest BCUT2D eigenvalue weighted by molar-refractivity contribution is 0.102. The van der Waals surface area contributed by atoms with Gasteiger partial charge in [0.05, 0.1) is 16.3 Å². The van der Waals surface area contributed by atoms with Crippen LogP contribution < -0.4 is 5.32 Å².